The van der Waals surface area contributed by atoms with Gasteiger partial charge in [-0.05, 0) is 62.2 Å². The van der Waals surface area contributed by atoms with Crippen molar-refractivity contribution in [2.75, 3.05) is 20.6 Å². The molecule has 4 rings (SSSR count). The lowest BCUT2D eigenvalue weighted by Gasteiger charge is -2.17. The molecule has 1 unspecified atom stereocenters. The van der Waals surface area contributed by atoms with Crippen molar-refractivity contribution in [3.8, 4) is 11.3 Å². The molecule has 0 spiro atoms. The number of aromatic nitrogens is 1. The molecular formula is C21H24N2O. The molecule has 0 bridgehead atoms. The Bertz CT molecular complexity index is 879. The lowest BCUT2D eigenvalue weighted by molar-refractivity contribution is 0.140. The van der Waals surface area contributed by atoms with Crippen molar-refractivity contribution in [1.82, 2.24) is 9.88 Å². The van der Waals surface area contributed by atoms with E-state index < -0.39 is 6.10 Å². The molecule has 3 heteroatoms. The maximum atomic E-state index is 10.9. The van der Waals surface area contributed by atoms with Crippen LogP contribution in [0.15, 0.2) is 42.5 Å². The van der Waals surface area contributed by atoms with E-state index >= 15 is 0 Å². The normalized spacial score (nSPS) is 15.2. The molecule has 24 heavy (non-hydrogen) atoms. The van der Waals surface area contributed by atoms with Crippen molar-refractivity contribution in [2.24, 2.45) is 0 Å². The highest BCUT2D eigenvalue weighted by atomic mass is 16.3. The fourth-order valence-electron chi connectivity index (χ4n) is 3.90. The molecule has 0 saturated carbocycles. The van der Waals surface area contributed by atoms with Crippen molar-refractivity contribution in [1.29, 1.82) is 0 Å². The molecule has 1 aliphatic carbocycles. The smallest absolute Gasteiger partial charge is 0.0943 e. The molecule has 124 valence electrons. The van der Waals surface area contributed by atoms with Gasteiger partial charge < -0.3 is 15.0 Å². The first-order valence-corrected chi connectivity index (χ1v) is 8.69. The van der Waals surface area contributed by atoms with Crippen LogP contribution in [-0.4, -0.2) is 35.6 Å². The second-order valence-corrected chi connectivity index (χ2v) is 7.07. The summed E-state index contributed by atoms with van der Waals surface area (Å²) < 4.78 is 0. The third-order valence-corrected chi connectivity index (χ3v) is 5.00. The summed E-state index contributed by atoms with van der Waals surface area (Å²) in [6.45, 7) is 0.611. The van der Waals surface area contributed by atoms with Crippen molar-refractivity contribution in [3.05, 3.63) is 59.2 Å². The number of aryl methyl sites for hydroxylation is 2. The van der Waals surface area contributed by atoms with E-state index in [2.05, 4.69) is 35.3 Å². The van der Waals surface area contributed by atoms with Crippen LogP contribution in [0.5, 0.6) is 0 Å². The van der Waals surface area contributed by atoms with Gasteiger partial charge in [0.05, 0.1) is 11.8 Å². The van der Waals surface area contributed by atoms with Crippen LogP contribution in [-0.2, 0) is 12.8 Å². The molecule has 0 saturated heterocycles. The Labute approximate surface area is 142 Å². The molecule has 0 aliphatic heterocycles. The number of fused-ring (bicyclic) bond motifs is 2. The minimum Gasteiger partial charge on any atom is -0.387 e. The molecule has 1 aliphatic rings. The molecule has 1 aromatic heterocycles. The van der Waals surface area contributed by atoms with E-state index in [1.165, 1.54) is 36.0 Å². The summed E-state index contributed by atoms with van der Waals surface area (Å²) in [7, 11) is 3.99. The second-order valence-electron chi connectivity index (χ2n) is 7.07. The van der Waals surface area contributed by atoms with E-state index in [1.54, 1.807) is 0 Å². The van der Waals surface area contributed by atoms with E-state index in [0.29, 0.717) is 6.54 Å². The zero-order chi connectivity index (χ0) is 16.7. The number of aliphatic hydroxyl groups is 1. The molecule has 0 fully saturated rings. The molecule has 0 amide bonds. The van der Waals surface area contributed by atoms with Crippen LogP contribution < -0.4 is 0 Å². The van der Waals surface area contributed by atoms with E-state index in [9.17, 15) is 5.11 Å². The van der Waals surface area contributed by atoms with Crippen LogP contribution in [0.4, 0.5) is 0 Å². The Morgan fingerprint density at radius 1 is 1.08 bits per heavy atom. The second kappa shape index (κ2) is 6.08. The van der Waals surface area contributed by atoms with Gasteiger partial charge in [0.1, 0.15) is 0 Å². The highest BCUT2D eigenvalue weighted by Gasteiger charge is 2.21. The summed E-state index contributed by atoms with van der Waals surface area (Å²) in [5.41, 5.74) is 7.27. The van der Waals surface area contributed by atoms with Crippen LogP contribution in [0, 0.1) is 0 Å². The van der Waals surface area contributed by atoms with Crippen LogP contribution in [0.1, 0.15) is 29.2 Å². The van der Waals surface area contributed by atoms with E-state index in [4.69, 9.17) is 0 Å². The van der Waals surface area contributed by atoms with Crippen molar-refractivity contribution in [2.45, 2.75) is 25.4 Å². The number of nitrogens with one attached hydrogen (secondary N) is 1. The Morgan fingerprint density at radius 3 is 2.71 bits per heavy atom. The van der Waals surface area contributed by atoms with Crippen LogP contribution in [0.25, 0.3) is 22.2 Å². The number of likely N-dealkylation sites (N-methyl/N-ethyl adjacent to an activating group) is 1. The Kier molecular flexibility index (Phi) is 3.91. The van der Waals surface area contributed by atoms with Crippen LogP contribution in [0.3, 0.4) is 0 Å². The van der Waals surface area contributed by atoms with Gasteiger partial charge in [-0.15, -0.1) is 0 Å². The number of rotatable bonds is 4. The van der Waals surface area contributed by atoms with E-state index in [-0.39, 0.29) is 0 Å². The first-order valence-electron chi connectivity index (χ1n) is 8.69. The zero-order valence-electron chi connectivity index (χ0n) is 14.3. The van der Waals surface area contributed by atoms with Gasteiger partial charge in [-0.2, -0.15) is 0 Å². The predicted molar refractivity (Wildman–Crippen MR) is 99.3 cm³/mol. The van der Waals surface area contributed by atoms with Gasteiger partial charge in [0.25, 0.3) is 0 Å². The van der Waals surface area contributed by atoms with Crippen molar-refractivity contribution in [3.63, 3.8) is 0 Å². The van der Waals surface area contributed by atoms with Crippen molar-refractivity contribution < 1.29 is 5.11 Å². The third kappa shape index (κ3) is 2.64. The van der Waals surface area contributed by atoms with Crippen LogP contribution >= 0.6 is 0 Å². The van der Waals surface area contributed by atoms with Crippen molar-refractivity contribution >= 4 is 10.9 Å². The number of H-pyrrole nitrogens is 1. The summed E-state index contributed by atoms with van der Waals surface area (Å²) in [4.78, 5) is 5.57. The topological polar surface area (TPSA) is 39.3 Å². The van der Waals surface area contributed by atoms with E-state index in [1.807, 2.05) is 31.1 Å². The van der Waals surface area contributed by atoms with Gasteiger partial charge >= 0.3 is 0 Å². The van der Waals surface area contributed by atoms with Gasteiger partial charge in [0, 0.05) is 23.0 Å². The fraction of sp³-hybridized carbons (Fsp3) is 0.333. The minimum absolute atomic E-state index is 0.514. The van der Waals surface area contributed by atoms with Crippen LogP contribution in [0.2, 0.25) is 0 Å². The quantitative estimate of drug-likeness (QED) is 0.765. The number of benzene rings is 2. The monoisotopic (exact) mass is 320 g/mol. The number of hydrogen-bond donors (Lipinski definition) is 2. The molecule has 2 aromatic carbocycles. The summed E-state index contributed by atoms with van der Waals surface area (Å²) in [6.07, 6.45) is 3.10. The lowest BCUT2D eigenvalue weighted by atomic mass is 9.98. The summed E-state index contributed by atoms with van der Waals surface area (Å²) in [5, 5.41) is 12.0. The number of nitrogens with zero attached hydrogens (tertiary/aromatic N) is 1. The van der Waals surface area contributed by atoms with Gasteiger partial charge in [0.15, 0.2) is 0 Å². The van der Waals surface area contributed by atoms with Gasteiger partial charge in [-0.25, -0.2) is 0 Å². The number of hydrogen-bond acceptors (Lipinski definition) is 2. The molecule has 3 aromatic rings. The Hall–Kier alpha value is -2.10. The Balaban J connectivity index is 1.88. The lowest BCUT2D eigenvalue weighted by Crippen LogP contribution is -2.20. The average Bonchev–Trinajstić information content (AvgIpc) is 3.17. The molecular weight excluding hydrogens is 296 g/mol. The summed E-state index contributed by atoms with van der Waals surface area (Å²) >= 11 is 0. The number of aromatic amines is 1. The number of aliphatic hydroxyl groups excluding tert-OH is 1. The average molecular weight is 320 g/mol. The third-order valence-electron chi connectivity index (χ3n) is 5.00. The molecule has 0 radical (unpaired) electrons. The summed E-state index contributed by atoms with van der Waals surface area (Å²) in [6, 6.07) is 15.0. The molecule has 2 N–H and O–H groups in total. The first kappa shape index (κ1) is 15.4. The van der Waals surface area contributed by atoms with E-state index in [0.717, 1.165) is 22.2 Å². The Morgan fingerprint density at radius 2 is 1.88 bits per heavy atom. The van der Waals surface area contributed by atoms with Gasteiger partial charge in [-0.3, -0.25) is 0 Å². The predicted octanol–water partition coefficient (Wildman–Crippen LogP) is 3.92. The largest absolute Gasteiger partial charge is 0.387 e. The highest BCUT2D eigenvalue weighted by molar-refractivity contribution is 5.91. The minimum atomic E-state index is -0.514. The molecule has 1 heterocycles. The van der Waals surface area contributed by atoms with Gasteiger partial charge in [-0.1, -0.05) is 30.3 Å². The standard InChI is InChI=1S/C21H24N2O/c1-23(2)13-19(24)20-17-8-3-4-9-18(17)22-21(20)16-11-10-14-6-5-7-15(14)12-16/h3-4,8-12,19,22,24H,5-7,13H2,1-2H3. The van der Waals surface area contributed by atoms with Gasteiger partial charge in [0.2, 0.25) is 0 Å². The maximum Gasteiger partial charge on any atom is 0.0943 e. The molecule has 3 nitrogen and oxygen atoms in total. The fourth-order valence-corrected chi connectivity index (χ4v) is 3.90. The maximum absolute atomic E-state index is 10.9. The highest BCUT2D eigenvalue weighted by Crippen LogP contribution is 2.36. The zero-order valence-corrected chi connectivity index (χ0v) is 14.3. The SMILES string of the molecule is CN(C)CC(O)c1c(-c2ccc3c(c2)CCC3)[nH]c2ccccc12. The molecule has 1 atom stereocenters. The summed E-state index contributed by atoms with van der Waals surface area (Å²) in [5.74, 6) is 0. The number of para-hydroxylation sites is 1. The first-order chi connectivity index (χ1) is 11.6.